The first-order valence-corrected chi connectivity index (χ1v) is 9.75. The van der Waals surface area contributed by atoms with E-state index in [9.17, 15) is 4.79 Å². The topological polar surface area (TPSA) is 83.6 Å². The van der Waals surface area contributed by atoms with E-state index >= 15 is 0 Å². The summed E-state index contributed by atoms with van der Waals surface area (Å²) in [6.45, 7) is 1.98. The number of anilines is 1. The Kier molecular flexibility index (Phi) is 4.68. The van der Waals surface area contributed by atoms with E-state index in [0.717, 1.165) is 26.6 Å². The van der Waals surface area contributed by atoms with Gasteiger partial charge >= 0.3 is 0 Å². The van der Waals surface area contributed by atoms with Gasteiger partial charge in [0, 0.05) is 11.1 Å². The highest BCUT2D eigenvalue weighted by molar-refractivity contribution is 8.00. The van der Waals surface area contributed by atoms with Crippen molar-refractivity contribution in [1.82, 2.24) is 20.4 Å². The van der Waals surface area contributed by atoms with Crippen molar-refractivity contribution in [2.45, 2.75) is 17.0 Å². The number of carbonyl (C=O) groups excluding carboxylic acids is 1. The molecule has 0 radical (unpaired) electrons. The van der Waals surface area contributed by atoms with Crippen LogP contribution in [0.2, 0.25) is 0 Å². The fraction of sp³-hybridized carbons (Fsp3) is 0.111. The molecule has 0 aliphatic heterocycles. The van der Waals surface area contributed by atoms with Gasteiger partial charge in [0.2, 0.25) is 5.13 Å². The predicted molar refractivity (Wildman–Crippen MR) is 105 cm³/mol. The van der Waals surface area contributed by atoms with Crippen LogP contribution in [0.5, 0.6) is 0 Å². The highest BCUT2D eigenvalue weighted by Gasteiger charge is 2.16. The van der Waals surface area contributed by atoms with E-state index in [0.29, 0.717) is 10.8 Å². The number of aryl methyl sites for hydroxylation is 1. The lowest BCUT2D eigenvalue weighted by Crippen LogP contribution is -2.12. The molecule has 4 aromatic rings. The molecule has 26 heavy (non-hydrogen) atoms. The molecule has 0 saturated heterocycles. The minimum Gasteiger partial charge on any atom is -0.295 e. The molecule has 0 aliphatic carbocycles. The summed E-state index contributed by atoms with van der Waals surface area (Å²) in [6, 6.07) is 16.0. The SMILES string of the molecule is Cc1ccc2[nH]nc(C(=O)Nc3nnc(SCc4ccccc4)s3)c2c1. The van der Waals surface area contributed by atoms with Crippen LogP contribution in [0.15, 0.2) is 52.9 Å². The first-order valence-electron chi connectivity index (χ1n) is 7.95. The molecule has 2 heterocycles. The summed E-state index contributed by atoms with van der Waals surface area (Å²) < 4.78 is 0.812. The molecule has 0 spiro atoms. The molecule has 1 amide bonds. The van der Waals surface area contributed by atoms with Crippen molar-refractivity contribution in [1.29, 1.82) is 0 Å². The molecular weight excluding hydrogens is 366 g/mol. The molecule has 2 aromatic carbocycles. The van der Waals surface area contributed by atoms with Crippen LogP contribution in [0.25, 0.3) is 10.9 Å². The largest absolute Gasteiger partial charge is 0.295 e. The number of nitrogens with one attached hydrogen (secondary N) is 2. The van der Waals surface area contributed by atoms with Gasteiger partial charge in [-0.05, 0) is 24.6 Å². The van der Waals surface area contributed by atoms with E-state index in [1.54, 1.807) is 11.8 Å². The Bertz CT molecular complexity index is 1060. The van der Waals surface area contributed by atoms with Gasteiger partial charge < -0.3 is 0 Å². The lowest BCUT2D eigenvalue weighted by atomic mass is 10.1. The molecule has 0 saturated carbocycles. The first-order chi connectivity index (χ1) is 12.7. The normalized spacial score (nSPS) is 11.0. The van der Waals surface area contributed by atoms with Gasteiger partial charge in [0.25, 0.3) is 5.91 Å². The predicted octanol–water partition coefficient (Wildman–Crippen LogP) is 4.27. The van der Waals surface area contributed by atoms with Crippen molar-refractivity contribution in [2.75, 3.05) is 5.32 Å². The highest BCUT2D eigenvalue weighted by Crippen LogP contribution is 2.28. The minimum absolute atomic E-state index is 0.294. The van der Waals surface area contributed by atoms with Gasteiger partial charge in [-0.25, -0.2) is 0 Å². The third-order valence-electron chi connectivity index (χ3n) is 3.77. The van der Waals surface area contributed by atoms with Crippen LogP contribution < -0.4 is 5.32 Å². The molecule has 2 N–H and O–H groups in total. The number of carbonyl (C=O) groups is 1. The maximum Gasteiger partial charge on any atom is 0.278 e. The van der Waals surface area contributed by atoms with E-state index in [1.807, 2.05) is 43.3 Å². The van der Waals surface area contributed by atoms with Gasteiger partial charge in [0.05, 0.1) is 5.52 Å². The molecule has 8 heteroatoms. The lowest BCUT2D eigenvalue weighted by molar-refractivity contribution is 0.102. The second kappa shape index (κ2) is 7.27. The van der Waals surface area contributed by atoms with Crippen molar-refractivity contribution in [3.63, 3.8) is 0 Å². The number of benzene rings is 2. The molecule has 6 nitrogen and oxygen atoms in total. The molecule has 0 bridgehead atoms. The number of thioether (sulfide) groups is 1. The summed E-state index contributed by atoms with van der Waals surface area (Å²) in [5.74, 6) is 0.518. The zero-order valence-electron chi connectivity index (χ0n) is 13.9. The van der Waals surface area contributed by atoms with Crippen molar-refractivity contribution in [3.8, 4) is 0 Å². The van der Waals surface area contributed by atoms with E-state index in [-0.39, 0.29) is 5.91 Å². The molecule has 0 aliphatic rings. The lowest BCUT2D eigenvalue weighted by Gasteiger charge is -1.99. The average molecular weight is 381 g/mol. The molecule has 4 rings (SSSR count). The van der Waals surface area contributed by atoms with Crippen molar-refractivity contribution in [3.05, 3.63) is 65.4 Å². The summed E-state index contributed by atoms with van der Waals surface area (Å²) >= 11 is 2.95. The second-order valence-corrected chi connectivity index (χ2v) is 7.92. The summed E-state index contributed by atoms with van der Waals surface area (Å²) in [7, 11) is 0. The number of aromatic amines is 1. The van der Waals surface area contributed by atoms with E-state index < -0.39 is 0 Å². The summed E-state index contributed by atoms with van der Waals surface area (Å²) in [4.78, 5) is 12.5. The van der Waals surface area contributed by atoms with Crippen LogP contribution in [-0.4, -0.2) is 26.3 Å². The van der Waals surface area contributed by atoms with Crippen LogP contribution >= 0.6 is 23.1 Å². The fourth-order valence-corrected chi connectivity index (χ4v) is 4.20. The van der Waals surface area contributed by atoms with Crippen molar-refractivity contribution >= 4 is 45.0 Å². The van der Waals surface area contributed by atoms with Crippen LogP contribution in [-0.2, 0) is 5.75 Å². The number of fused-ring (bicyclic) bond motifs is 1. The Hall–Kier alpha value is -2.71. The Morgan fingerprint density at radius 1 is 1.19 bits per heavy atom. The molecular formula is C18H15N5OS2. The number of rotatable bonds is 5. The number of H-pyrrole nitrogens is 1. The van der Waals surface area contributed by atoms with Gasteiger partial charge in [-0.2, -0.15) is 5.10 Å². The number of aromatic nitrogens is 4. The van der Waals surface area contributed by atoms with Gasteiger partial charge in [0.1, 0.15) is 0 Å². The average Bonchev–Trinajstić information content (AvgIpc) is 3.27. The zero-order valence-corrected chi connectivity index (χ0v) is 15.5. The number of hydrogen-bond acceptors (Lipinski definition) is 6. The number of amides is 1. The Morgan fingerprint density at radius 2 is 2.04 bits per heavy atom. The smallest absolute Gasteiger partial charge is 0.278 e. The summed E-state index contributed by atoms with van der Waals surface area (Å²) in [5, 5.41) is 19.2. The van der Waals surface area contributed by atoms with Crippen LogP contribution in [0.1, 0.15) is 21.6 Å². The van der Waals surface area contributed by atoms with Gasteiger partial charge in [-0.1, -0.05) is 65.1 Å². The van der Waals surface area contributed by atoms with Crippen LogP contribution in [0.4, 0.5) is 5.13 Å². The minimum atomic E-state index is -0.294. The summed E-state index contributed by atoms with van der Waals surface area (Å²) in [5.41, 5.74) is 3.48. The van der Waals surface area contributed by atoms with Gasteiger partial charge in [-0.15, -0.1) is 10.2 Å². The first kappa shape index (κ1) is 16.7. The molecule has 0 fully saturated rings. The molecule has 0 atom stereocenters. The Morgan fingerprint density at radius 3 is 2.88 bits per heavy atom. The third kappa shape index (κ3) is 3.61. The van der Waals surface area contributed by atoms with E-state index in [1.165, 1.54) is 16.9 Å². The standard InChI is InChI=1S/C18H15N5OS2/c1-11-7-8-14-13(9-11)15(21-20-14)16(24)19-17-22-23-18(26-17)25-10-12-5-3-2-4-6-12/h2-9H,10H2,1H3,(H,20,21)(H,19,22,24). The molecule has 130 valence electrons. The monoisotopic (exact) mass is 381 g/mol. The highest BCUT2D eigenvalue weighted by atomic mass is 32.2. The molecule has 2 aromatic heterocycles. The van der Waals surface area contributed by atoms with E-state index in [2.05, 4.69) is 37.8 Å². The van der Waals surface area contributed by atoms with E-state index in [4.69, 9.17) is 0 Å². The molecule has 0 unspecified atom stereocenters. The van der Waals surface area contributed by atoms with Gasteiger partial charge in [-0.3, -0.25) is 15.2 Å². The van der Waals surface area contributed by atoms with Crippen LogP contribution in [0, 0.1) is 6.92 Å². The fourth-order valence-electron chi connectivity index (χ4n) is 2.50. The number of hydrogen-bond donors (Lipinski definition) is 2. The maximum atomic E-state index is 12.5. The van der Waals surface area contributed by atoms with Gasteiger partial charge in [0.15, 0.2) is 10.0 Å². The van der Waals surface area contributed by atoms with Crippen molar-refractivity contribution < 1.29 is 4.79 Å². The Labute approximate surface area is 158 Å². The number of nitrogens with zero attached hydrogens (tertiary/aromatic N) is 3. The zero-order chi connectivity index (χ0) is 17.9. The third-order valence-corrected chi connectivity index (χ3v) is 5.81. The van der Waals surface area contributed by atoms with Crippen molar-refractivity contribution in [2.24, 2.45) is 0 Å². The Balaban J connectivity index is 1.44. The van der Waals surface area contributed by atoms with Crippen LogP contribution in [0.3, 0.4) is 0 Å². The maximum absolute atomic E-state index is 12.5. The second-order valence-electron chi connectivity index (χ2n) is 5.72. The quantitative estimate of drug-likeness (QED) is 0.398. The summed E-state index contributed by atoms with van der Waals surface area (Å²) in [6.07, 6.45) is 0.